The quantitative estimate of drug-likeness (QED) is 0.716. The van der Waals surface area contributed by atoms with E-state index in [-0.39, 0.29) is 16.9 Å². The molecule has 0 bridgehead atoms. The van der Waals surface area contributed by atoms with E-state index in [2.05, 4.69) is 18.9 Å². The lowest BCUT2D eigenvalue weighted by Gasteiger charge is -2.41. The lowest BCUT2D eigenvalue weighted by Crippen LogP contribution is -2.57. The van der Waals surface area contributed by atoms with Crippen molar-refractivity contribution in [1.82, 2.24) is 9.80 Å². The molecule has 1 amide bonds. The van der Waals surface area contributed by atoms with E-state index in [0.29, 0.717) is 0 Å². The van der Waals surface area contributed by atoms with Gasteiger partial charge in [-0.1, -0.05) is 12.2 Å². The van der Waals surface area contributed by atoms with Crippen LogP contribution >= 0.6 is 12.2 Å². The highest BCUT2D eigenvalue weighted by Crippen LogP contribution is 2.22. The Hall–Kier alpha value is -0.680. The van der Waals surface area contributed by atoms with Crippen LogP contribution in [0.5, 0.6) is 0 Å². The Morgan fingerprint density at radius 1 is 1.44 bits per heavy atom. The first-order valence-corrected chi connectivity index (χ1v) is 5.97. The summed E-state index contributed by atoms with van der Waals surface area (Å²) in [6.07, 6.45) is 0. The van der Waals surface area contributed by atoms with E-state index in [0.717, 1.165) is 19.6 Å². The third-order valence-electron chi connectivity index (χ3n) is 3.24. The van der Waals surface area contributed by atoms with Crippen LogP contribution in [0.4, 0.5) is 0 Å². The Kier molecular flexibility index (Phi) is 3.91. The highest BCUT2D eigenvalue weighted by atomic mass is 32.1. The fourth-order valence-corrected chi connectivity index (χ4v) is 1.99. The summed E-state index contributed by atoms with van der Waals surface area (Å²) in [5.74, 6) is 0.0422. The number of hydrogen-bond donors (Lipinski definition) is 1. The number of carbonyl (C=O) groups excluding carboxylic acids is 1. The molecule has 1 fully saturated rings. The van der Waals surface area contributed by atoms with E-state index in [9.17, 15) is 4.79 Å². The van der Waals surface area contributed by atoms with Gasteiger partial charge in [-0.3, -0.25) is 4.79 Å². The van der Waals surface area contributed by atoms with Gasteiger partial charge in [-0.05, 0) is 27.8 Å². The molecule has 0 aromatic rings. The van der Waals surface area contributed by atoms with Crippen LogP contribution in [-0.4, -0.2) is 53.4 Å². The molecule has 5 heteroatoms. The number of nitrogens with zero attached hydrogens (tertiary/aromatic N) is 2. The van der Waals surface area contributed by atoms with Crippen molar-refractivity contribution in [1.29, 1.82) is 0 Å². The molecule has 0 aromatic heterocycles. The molecule has 92 valence electrons. The SMILES string of the molecule is CC1CN(C)CCN1C(=O)C(C)(C)C(N)=S. The number of likely N-dealkylation sites (N-methyl/N-ethyl adjacent to an activating group) is 1. The number of nitrogens with two attached hydrogens (primary N) is 1. The maximum absolute atomic E-state index is 12.3. The van der Waals surface area contributed by atoms with Gasteiger partial charge in [0.15, 0.2) is 0 Å². The van der Waals surface area contributed by atoms with Crippen LogP contribution in [0.3, 0.4) is 0 Å². The van der Waals surface area contributed by atoms with E-state index in [1.807, 2.05) is 4.90 Å². The van der Waals surface area contributed by atoms with Gasteiger partial charge in [0.05, 0.1) is 10.4 Å². The third-order valence-corrected chi connectivity index (χ3v) is 3.75. The smallest absolute Gasteiger partial charge is 0.235 e. The molecule has 2 N–H and O–H groups in total. The normalized spacial score (nSPS) is 23.2. The average Bonchev–Trinajstić information content (AvgIpc) is 2.16. The van der Waals surface area contributed by atoms with Crippen molar-refractivity contribution < 1.29 is 4.79 Å². The van der Waals surface area contributed by atoms with E-state index >= 15 is 0 Å². The largest absolute Gasteiger partial charge is 0.392 e. The predicted octanol–water partition coefficient (Wildman–Crippen LogP) is 0.461. The summed E-state index contributed by atoms with van der Waals surface area (Å²) < 4.78 is 0. The van der Waals surface area contributed by atoms with Gasteiger partial charge in [0.1, 0.15) is 0 Å². The predicted molar refractivity (Wildman–Crippen MR) is 69.2 cm³/mol. The van der Waals surface area contributed by atoms with Gasteiger partial charge in [-0.15, -0.1) is 0 Å². The van der Waals surface area contributed by atoms with Gasteiger partial charge in [0.2, 0.25) is 5.91 Å². The minimum Gasteiger partial charge on any atom is -0.392 e. The van der Waals surface area contributed by atoms with Crippen LogP contribution in [0.15, 0.2) is 0 Å². The molecule has 1 aliphatic rings. The molecule has 1 atom stereocenters. The zero-order valence-corrected chi connectivity index (χ0v) is 11.3. The van der Waals surface area contributed by atoms with Crippen LogP contribution in [-0.2, 0) is 4.79 Å². The number of piperazine rings is 1. The molecule has 1 saturated heterocycles. The van der Waals surface area contributed by atoms with Crippen molar-refractivity contribution in [2.45, 2.75) is 26.8 Å². The first-order valence-electron chi connectivity index (χ1n) is 5.56. The number of hydrogen-bond acceptors (Lipinski definition) is 3. The van der Waals surface area contributed by atoms with E-state index in [4.69, 9.17) is 18.0 Å². The Balaban J connectivity index is 2.78. The van der Waals surface area contributed by atoms with Crippen LogP contribution in [0.2, 0.25) is 0 Å². The van der Waals surface area contributed by atoms with Gasteiger partial charge >= 0.3 is 0 Å². The summed E-state index contributed by atoms with van der Waals surface area (Å²) in [6.45, 7) is 8.21. The first kappa shape index (κ1) is 13.4. The number of rotatable bonds is 2. The molecular weight excluding hydrogens is 222 g/mol. The maximum atomic E-state index is 12.3. The maximum Gasteiger partial charge on any atom is 0.235 e. The summed E-state index contributed by atoms with van der Waals surface area (Å²) in [7, 11) is 2.07. The molecular formula is C11H21N3OS. The lowest BCUT2D eigenvalue weighted by atomic mass is 9.90. The summed E-state index contributed by atoms with van der Waals surface area (Å²) >= 11 is 4.96. The van der Waals surface area contributed by atoms with Crippen LogP contribution in [0.1, 0.15) is 20.8 Å². The molecule has 0 spiro atoms. The topological polar surface area (TPSA) is 49.6 Å². The van der Waals surface area contributed by atoms with E-state index in [1.165, 1.54) is 0 Å². The molecule has 0 aromatic carbocycles. The van der Waals surface area contributed by atoms with Gasteiger partial charge in [0.25, 0.3) is 0 Å². The summed E-state index contributed by atoms with van der Waals surface area (Å²) in [4.78, 5) is 16.7. The Bertz CT molecular complexity index is 304. The van der Waals surface area contributed by atoms with Crippen molar-refractivity contribution in [3.8, 4) is 0 Å². The summed E-state index contributed by atoms with van der Waals surface area (Å²) in [5.41, 5.74) is 4.89. The van der Waals surface area contributed by atoms with Crippen molar-refractivity contribution in [3.63, 3.8) is 0 Å². The van der Waals surface area contributed by atoms with Gasteiger partial charge in [0, 0.05) is 25.7 Å². The van der Waals surface area contributed by atoms with Crippen molar-refractivity contribution >= 4 is 23.1 Å². The molecule has 1 aliphatic heterocycles. The highest BCUT2D eigenvalue weighted by Gasteiger charge is 2.38. The Morgan fingerprint density at radius 2 is 2.00 bits per heavy atom. The monoisotopic (exact) mass is 243 g/mol. The first-order chi connectivity index (χ1) is 7.26. The zero-order chi connectivity index (χ0) is 12.5. The van der Waals surface area contributed by atoms with Crippen LogP contribution in [0, 0.1) is 5.41 Å². The molecule has 0 aliphatic carbocycles. The molecule has 16 heavy (non-hydrogen) atoms. The minimum absolute atomic E-state index is 0.0422. The molecule has 1 rings (SSSR count). The zero-order valence-electron chi connectivity index (χ0n) is 10.5. The molecule has 4 nitrogen and oxygen atoms in total. The van der Waals surface area contributed by atoms with Crippen LogP contribution in [0.25, 0.3) is 0 Å². The number of thiocarbonyl (C=S) groups is 1. The van der Waals surface area contributed by atoms with Gasteiger partial charge in [-0.2, -0.15) is 0 Å². The number of amides is 1. The molecule has 0 radical (unpaired) electrons. The fourth-order valence-electron chi connectivity index (χ4n) is 1.91. The molecule has 1 unspecified atom stereocenters. The summed E-state index contributed by atoms with van der Waals surface area (Å²) in [5, 5.41) is 0. The molecule has 0 saturated carbocycles. The molecule has 1 heterocycles. The van der Waals surface area contributed by atoms with Crippen molar-refractivity contribution in [2.75, 3.05) is 26.7 Å². The van der Waals surface area contributed by atoms with Gasteiger partial charge in [-0.25, -0.2) is 0 Å². The Morgan fingerprint density at radius 3 is 2.44 bits per heavy atom. The Labute approximate surface area is 103 Å². The van der Waals surface area contributed by atoms with Crippen molar-refractivity contribution in [3.05, 3.63) is 0 Å². The van der Waals surface area contributed by atoms with Crippen molar-refractivity contribution in [2.24, 2.45) is 11.1 Å². The summed E-state index contributed by atoms with van der Waals surface area (Å²) in [6, 6.07) is 0.222. The second-order valence-electron chi connectivity index (χ2n) is 5.10. The standard InChI is InChI=1S/C11H21N3OS/c1-8-7-13(4)5-6-14(8)10(15)11(2,3)9(12)16/h8H,5-7H2,1-4H3,(H2,12,16). The highest BCUT2D eigenvalue weighted by molar-refractivity contribution is 7.80. The van der Waals surface area contributed by atoms with E-state index in [1.54, 1.807) is 13.8 Å². The van der Waals surface area contributed by atoms with Crippen LogP contribution < -0.4 is 5.73 Å². The van der Waals surface area contributed by atoms with Gasteiger partial charge < -0.3 is 15.5 Å². The second-order valence-corrected chi connectivity index (χ2v) is 5.54. The third kappa shape index (κ3) is 2.52. The number of carbonyl (C=O) groups is 1. The minimum atomic E-state index is -0.737. The van der Waals surface area contributed by atoms with E-state index < -0.39 is 5.41 Å². The fraction of sp³-hybridized carbons (Fsp3) is 0.818. The lowest BCUT2D eigenvalue weighted by molar-refractivity contribution is -0.141. The average molecular weight is 243 g/mol. The second kappa shape index (κ2) is 4.67.